The Bertz CT molecular complexity index is 1290. The lowest BCUT2D eigenvalue weighted by Crippen LogP contribution is -2.45. The summed E-state index contributed by atoms with van der Waals surface area (Å²) in [6, 6.07) is -0.907. The van der Waals surface area contributed by atoms with Gasteiger partial charge in [-0.05, 0) is 64.2 Å². The maximum Gasteiger partial charge on any atom is 0.268 e. The number of carbonyl (C=O) groups excluding carboxylic acids is 1. The first-order chi connectivity index (χ1) is 34.5. The first-order valence-electron chi connectivity index (χ1n) is 30.5. The number of aliphatic hydroxyl groups excluding tert-OH is 1. The molecule has 0 aromatic heterocycles. The summed E-state index contributed by atoms with van der Waals surface area (Å²) >= 11 is 0. The van der Waals surface area contributed by atoms with Crippen LogP contribution in [0.3, 0.4) is 0 Å². The number of allylic oxidation sites excluding steroid dienone is 7. The number of phosphoric acid groups is 1. The number of aliphatic hydroxyl groups is 1. The van der Waals surface area contributed by atoms with Gasteiger partial charge in [0.1, 0.15) is 13.2 Å². The van der Waals surface area contributed by atoms with Gasteiger partial charge in [0.25, 0.3) is 7.82 Å². The number of carbonyl (C=O) groups is 1. The first-order valence-corrected chi connectivity index (χ1v) is 32.0. The number of hydrogen-bond donors (Lipinski definition) is 2. The fourth-order valence-electron chi connectivity index (χ4n) is 9.01. The van der Waals surface area contributed by atoms with Gasteiger partial charge in [-0.15, -0.1) is 0 Å². The molecule has 71 heavy (non-hydrogen) atoms. The Morgan fingerprint density at radius 1 is 0.493 bits per heavy atom. The zero-order valence-electron chi connectivity index (χ0n) is 47.7. The van der Waals surface area contributed by atoms with Crippen LogP contribution in [-0.2, 0) is 18.4 Å². The van der Waals surface area contributed by atoms with E-state index in [4.69, 9.17) is 9.05 Å². The van der Waals surface area contributed by atoms with Gasteiger partial charge in [0.15, 0.2) is 0 Å². The van der Waals surface area contributed by atoms with E-state index in [2.05, 4.69) is 55.6 Å². The highest BCUT2D eigenvalue weighted by Gasteiger charge is 2.23. The monoisotopic (exact) mass is 1020 g/mol. The fraction of sp³-hybridized carbons (Fsp3) is 0.855. The highest BCUT2D eigenvalue weighted by atomic mass is 31.2. The summed E-state index contributed by atoms with van der Waals surface area (Å²) in [5.74, 6) is -0.210. The molecule has 1 amide bonds. The maximum atomic E-state index is 12.9. The minimum absolute atomic E-state index is 0.00865. The predicted octanol–water partition coefficient (Wildman–Crippen LogP) is 18.1. The molecule has 0 aliphatic heterocycles. The number of unbranched alkanes of at least 4 members (excludes halogenated alkanes) is 37. The molecule has 8 nitrogen and oxygen atoms in total. The van der Waals surface area contributed by atoms with Crippen LogP contribution in [0.15, 0.2) is 48.6 Å². The molecule has 2 N–H and O–H groups in total. The molecule has 0 fully saturated rings. The molecule has 0 radical (unpaired) electrons. The summed E-state index contributed by atoms with van der Waals surface area (Å²) in [4.78, 5) is 25.4. The molecule has 0 aromatic carbocycles. The molecule has 0 spiro atoms. The second kappa shape index (κ2) is 53.3. The number of hydrogen-bond acceptors (Lipinski definition) is 6. The third-order valence-corrected chi connectivity index (χ3v) is 14.7. The number of amides is 1. The lowest BCUT2D eigenvalue weighted by Gasteiger charge is -2.29. The maximum absolute atomic E-state index is 12.9. The second-order valence-electron chi connectivity index (χ2n) is 22.0. The van der Waals surface area contributed by atoms with Crippen molar-refractivity contribution >= 4 is 13.7 Å². The standard InChI is InChI=1S/C62H119N2O6P/c1-6-8-10-12-14-16-18-19-20-21-22-23-24-25-26-27-28-29-30-31-32-33-34-35-36-37-38-39-40-41-42-43-44-45-46-48-50-52-54-56-62(66)63-60(59-70-71(67,68)69-58-57-64(3,4)5)61(65)55-53-51-49-47-17-15-13-11-9-7-2/h9,11,17,21-22,47,53,55,60-61,65H,6-8,10,12-16,18-20,23-46,48-52,54,56-59H2,1-5H3,(H-,63,66,67,68)/b11-9+,22-21-,47-17+,55-53+. The summed E-state index contributed by atoms with van der Waals surface area (Å²) in [7, 11) is 1.24. The highest BCUT2D eigenvalue weighted by Crippen LogP contribution is 2.38. The number of nitrogens with zero attached hydrogens (tertiary/aromatic N) is 1. The van der Waals surface area contributed by atoms with Gasteiger partial charge >= 0.3 is 0 Å². The normalized spacial score (nSPS) is 14.2. The van der Waals surface area contributed by atoms with Crippen molar-refractivity contribution in [2.24, 2.45) is 0 Å². The van der Waals surface area contributed by atoms with Crippen LogP contribution in [0.2, 0.25) is 0 Å². The van der Waals surface area contributed by atoms with E-state index in [0.29, 0.717) is 17.4 Å². The summed E-state index contributed by atoms with van der Waals surface area (Å²) in [5.41, 5.74) is 0. The van der Waals surface area contributed by atoms with Crippen LogP contribution in [-0.4, -0.2) is 68.5 Å². The van der Waals surface area contributed by atoms with Gasteiger partial charge in [-0.25, -0.2) is 0 Å². The first kappa shape index (κ1) is 69.5. The van der Waals surface area contributed by atoms with Crippen LogP contribution in [0, 0.1) is 0 Å². The van der Waals surface area contributed by atoms with Crippen LogP contribution >= 0.6 is 7.82 Å². The van der Waals surface area contributed by atoms with Crippen LogP contribution in [0.4, 0.5) is 0 Å². The molecule has 0 bridgehead atoms. The molecule has 418 valence electrons. The van der Waals surface area contributed by atoms with Crippen molar-refractivity contribution < 1.29 is 32.9 Å². The molecule has 9 heteroatoms. The van der Waals surface area contributed by atoms with Crippen LogP contribution in [0.5, 0.6) is 0 Å². The number of likely N-dealkylation sites (N-methyl/N-ethyl adjacent to an activating group) is 1. The summed E-state index contributed by atoms with van der Waals surface area (Å²) in [6.45, 7) is 4.51. The SMILES string of the molecule is CC/C=C/CC/C=C/CC/C=C/C(O)C(COP(=O)([O-])OCC[N+](C)(C)C)NC(=O)CCCCCCCCCCCCCCCCCCCCCCCCCCCCC/C=C\CCCCCCCCCC. The van der Waals surface area contributed by atoms with Gasteiger partial charge in [-0.3, -0.25) is 9.36 Å². The van der Waals surface area contributed by atoms with Gasteiger partial charge in [-0.2, -0.15) is 0 Å². The molecule has 3 unspecified atom stereocenters. The van der Waals surface area contributed by atoms with E-state index in [1.165, 1.54) is 218 Å². The molecule has 0 aliphatic rings. The Balaban J connectivity index is 3.81. The van der Waals surface area contributed by atoms with Crippen molar-refractivity contribution in [3.8, 4) is 0 Å². The molecule has 0 heterocycles. The topological polar surface area (TPSA) is 108 Å². The van der Waals surface area contributed by atoms with E-state index in [1.54, 1.807) is 6.08 Å². The predicted molar refractivity (Wildman–Crippen MR) is 307 cm³/mol. The zero-order valence-corrected chi connectivity index (χ0v) is 48.6. The lowest BCUT2D eigenvalue weighted by molar-refractivity contribution is -0.870. The largest absolute Gasteiger partial charge is 0.756 e. The number of rotatable bonds is 56. The molecular weight excluding hydrogens is 900 g/mol. The van der Waals surface area contributed by atoms with E-state index in [0.717, 1.165) is 51.4 Å². The van der Waals surface area contributed by atoms with Crippen molar-refractivity contribution in [3.63, 3.8) is 0 Å². The van der Waals surface area contributed by atoms with E-state index in [9.17, 15) is 19.4 Å². The highest BCUT2D eigenvalue weighted by molar-refractivity contribution is 7.45. The Labute approximate surface area is 441 Å². The Kier molecular flexibility index (Phi) is 52.1. The van der Waals surface area contributed by atoms with Gasteiger partial charge in [0.2, 0.25) is 5.91 Å². The van der Waals surface area contributed by atoms with E-state index < -0.39 is 26.6 Å². The van der Waals surface area contributed by atoms with Gasteiger partial charge in [-0.1, -0.05) is 268 Å². The third-order valence-electron chi connectivity index (χ3n) is 13.8. The minimum atomic E-state index is -4.60. The quantitative estimate of drug-likeness (QED) is 0.0272. The van der Waals surface area contributed by atoms with Crippen molar-refractivity contribution in [1.29, 1.82) is 0 Å². The Morgan fingerprint density at radius 3 is 1.21 bits per heavy atom. The number of quaternary nitrogens is 1. The lowest BCUT2D eigenvalue weighted by atomic mass is 10.0. The van der Waals surface area contributed by atoms with Gasteiger partial charge in [0.05, 0.1) is 39.9 Å². The van der Waals surface area contributed by atoms with Crippen LogP contribution < -0.4 is 10.2 Å². The third kappa shape index (κ3) is 56.0. The van der Waals surface area contributed by atoms with E-state index in [1.807, 2.05) is 27.2 Å². The number of phosphoric ester groups is 1. The summed E-state index contributed by atoms with van der Waals surface area (Å²) < 4.78 is 23.2. The molecular formula is C62H119N2O6P. The average Bonchev–Trinajstić information content (AvgIpc) is 3.33. The molecule has 0 rings (SSSR count). The second-order valence-corrected chi connectivity index (χ2v) is 23.4. The summed E-state index contributed by atoms with van der Waals surface area (Å²) in [6.07, 6.45) is 71.2. The van der Waals surface area contributed by atoms with Gasteiger partial charge in [0, 0.05) is 6.42 Å². The van der Waals surface area contributed by atoms with Crippen LogP contribution in [0.25, 0.3) is 0 Å². The number of nitrogens with one attached hydrogen (secondary N) is 1. The van der Waals surface area contributed by atoms with Crippen molar-refractivity contribution in [1.82, 2.24) is 5.32 Å². The van der Waals surface area contributed by atoms with Crippen molar-refractivity contribution in [3.05, 3.63) is 48.6 Å². The molecule has 3 atom stereocenters. The van der Waals surface area contributed by atoms with Crippen molar-refractivity contribution in [2.45, 2.75) is 302 Å². The average molecular weight is 1020 g/mol. The van der Waals surface area contributed by atoms with E-state index in [-0.39, 0.29) is 12.5 Å². The molecule has 0 aliphatic carbocycles. The minimum Gasteiger partial charge on any atom is -0.756 e. The summed E-state index contributed by atoms with van der Waals surface area (Å²) in [5, 5.41) is 13.8. The Hall–Kier alpha value is -1.54. The molecule has 0 saturated heterocycles. The van der Waals surface area contributed by atoms with Crippen LogP contribution in [0.1, 0.15) is 290 Å². The zero-order chi connectivity index (χ0) is 52.0. The van der Waals surface area contributed by atoms with Gasteiger partial charge < -0.3 is 28.8 Å². The van der Waals surface area contributed by atoms with E-state index >= 15 is 0 Å². The molecule has 0 aromatic rings. The Morgan fingerprint density at radius 2 is 0.831 bits per heavy atom. The molecule has 0 saturated carbocycles. The fourth-order valence-corrected chi connectivity index (χ4v) is 9.74. The van der Waals surface area contributed by atoms with Crippen molar-refractivity contribution in [2.75, 3.05) is 40.9 Å². The smallest absolute Gasteiger partial charge is 0.268 e.